The average Bonchev–Trinajstić information content (AvgIpc) is 3.04. The van der Waals surface area contributed by atoms with Crippen LogP contribution in [0.3, 0.4) is 0 Å². The molecule has 1 aromatic heterocycles. The van der Waals surface area contributed by atoms with Crippen LogP contribution in [0.25, 0.3) is 0 Å². The van der Waals surface area contributed by atoms with Crippen molar-refractivity contribution in [2.75, 3.05) is 30.8 Å². The number of aromatic nitrogens is 1. The number of anilines is 2. The standard InChI is InChI=1S/C11H19N3OS/c1-8-10(12)14-16-11(8)13-5-2-6-15-7-9-3-4-9/h9,13H,2-7H2,1H3,(H2,12,14). The van der Waals surface area contributed by atoms with Gasteiger partial charge in [-0.25, -0.2) is 0 Å². The van der Waals surface area contributed by atoms with E-state index in [4.69, 9.17) is 10.5 Å². The maximum absolute atomic E-state index is 5.67. The molecule has 3 N–H and O–H groups in total. The molecule has 90 valence electrons. The molecule has 0 bridgehead atoms. The van der Waals surface area contributed by atoms with Gasteiger partial charge in [-0.2, -0.15) is 4.37 Å². The van der Waals surface area contributed by atoms with Crippen LogP contribution in [-0.2, 0) is 4.74 Å². The van der Waals surface area contributed by atoms with Crippen molar-refractivity contribution in [1.82, 2.24) is 4.37 Å². The molecule has 0 aliphatic heterocycles. The minimum absolute atomic E-state index is 0.637. The van der Waals surface area contributed by atoms with Gasteiger partial charge in [0.2, 0.25) is 0 Å². The molecule has 16 heavy (non-hydrogen) atoms. The highest BCUT2D eigenvalue weighted by atomic mass is 32.1. The van der Waals surface area contributed by atoms with Gasteiger partial charge in [-0.1, -0.05) is 0 Å². The van der Waals surface area contributed by atoms with Gasteiger partial charge >= 0.3 is 0 Å². The number of nitrogens with zero attached hydrogens (tertiary/aromatic N) is 1. The van der Waals surface area contributed by atoms with Crippen LogP contribution in [0, 0.1) is 12.8 Å². The van der Waals surface area contributed by atoms with Gasteiger partial charge in [0.25, 0.3) is 0 Å². The molecule has 5 heteroatoms. The van der Waals surface area contributed by atoms with Crippen molar-refractivity contribution >= 4 is 22.4 Å². The van der Waals surface area contributed by atoms with E-state index < -0.39 is 0 Å². The third-order valence-corrected chi connectivity index (χ3v) is 3.68. The minimum atomic E-state index is 0.637. The summed E-state index contributed by atoms with van der Waals surface area (Å²) in [6.45, 7) is 4.71. The largest absolute Gasteiger partial charge is 0.383 e. The Morgan fingerprint density at radius 1 is 1.56 bits per heavy atom. The van der Waals surface area contributed by atoms with Crippen molar-refractivity contribution in [2.24, 2.45) is 5.92 Å². The number of rotatable bonds is 7. The van der Waals surface area contributed by atoms with E-state index in [1.165, 1.54) is 24.4 Å². The van der Waals surface area contributed by atoms with E-state index in [-0.39, 0.29) is 0 Å². The number of hydrogen-bond acceptors (Lipinski definition) is 5. The second-order valence-corrected chi connectivity index (χ2v) is 5.09. The van der Waals surface area contributed by atoms with Gasteiger partial charge in [-0.05, 0) is 43.6 Å². The van der Waals surface area contributed by atoms with Crippen molar-refractivity contribution in [3.8, 4) is 0 Å². The third-order valence-electron chi connectivity index (χ3n) is 2.76. The first-order valence-corrected chi connectivity index (χ1v) is 6.58. The van der Waals surface area contributed by atoms with E-state index in [9.17, 15) is 0 Å². The number of nitrogens with two attached hydrogens (primary N) is 1. The SMILES string of the molecule is Cc1c(N)nsc1NCCCOCC1CC1. The first-order valence-electron chi connectivity index (χ1n) is 5.80. The Balaban J connectivity index is 1.55. The molecular formula is C11H19N3OS. The van der Waals surface area contributed by atoms with Crippen LogP contribution >= 0.6 is 11.5 Å². The molecule has 0 saturated heterocycles. The summed E-state index contributed by atoms with van der Waals surface area (Å²) in [5.74, 6) is 1.49. The number of hydrogen-bond donors (Lipinski definition) is 2. The maximum Gasteiger partial charge on any atom is 0.142 e. The highest BCUT2D eigenvalue weighted by Gasteiger charge is 2.20. The molecule has 1 aliphatic carbocycles. The lowest BCUT2D eigenvalue weighted by Gasteiger charge is -2.05. The molecule has 2 rings (SSSR count). The van der Waals surface area contributed by atoms with Crippen molar-refractivity contribution < 1.29 is 4.74 Å². The first kappa shape index (κ1) is 11.7. The molecule has 1 heterocycles. The summed E-state index contributed by atoms with van der Waals surface area (Å²) in [6.07, 6.45) is 3.75. The molecular weight excluding hydrogens is 222 g/mol. The molecule has 0 radical (unpaired) electrons. The van der Waals surface area contributed by atoms with Gasteiger partial charge in [0.15, 0.2) is 0 Å². The first-order chi connectivity index (χ1) is 7.77. The molecule has 1 aliphatic rings. The summed E-state index contributed by atoms with van der Waals surface area (Å²) >= 11 is 1.43. The Morgan fingerprint density at radius 3 is 3.00 bits per heavy atom. The van der Waals surface area contributed by atoms with Gasteiger partial charge in [0.1, 0.15) is 10.8 Å². The summed E-state index contributed by atoms with van der Waals surface area (Å²) in [4.78, 5) is 0. The lowest BCUT2D eigenvalue weighted by molar-refractivity contribution is 0.124. The second kappa shape index (κ2) is 5.50. The zero-order valence-electron chi connectivity index (χ0n) is 9.66. The van der Waals surface area contributed by atoms with Gasteiger partial charge < -0.3 is 15.8 Å². The Kier molecular flexibility index (Phi) is 4.01. The van der Waals surface area contributed by atoms with E-state index in [0.717, 1.165) is 42.7 Å². The Bertz CT molecular complexity index is 336. The summed E-state index contributed by atoms with van der Waals surface area (Å²) < 4.78 is 9.64. The zero-order chi connectivity index (χ0) is 11.4. The Labute approximate surface area is 100 Å². The molecule has 0 amide bonds. The third kappa shape index (κ3) is 3.35. The van der Waals surface area contributed by atoms with E-state index in [2.05, 4.69) is 9.69 Å². The lowest BCUT2D eigenvalue weighted by Crippen LogP contribution is -2.06. The number of ether oxygens (including phenoxy) is 1. The predicted molar refractivity (Wildman–Crippen MR) is 67.9 cm³/mol. The average molecular weight is 241 g/mol. The van der Waals surface area contributed by atoms with Gasteiger partial charge in [-0.3, -0.25) is 0 Å². The Hall–Kier alpha value is -0.810. The summed E-state index contributed by atoms with van der Waals surface area (Å²) in [6, 6.07) is 0. The summed E-state index contributed by atoms with van der Waals surface area (Å²) in [5.41, 5.74) is 6.73. The van der Waals surface area contributed by atoms with Crippen LogP contribution in [0.4, 0.5) is 10.8 Å². The number of nitrogens with one attached hydrogen (secondary N) is 1. The lowest BCUT2D eigenvalue weighted by atomic mass is 10.3. The van der Waals surface area contributed by atoms with Crippen molar-refractivity contribution in [3.05, 3.63) is 5.56 Å². The van der Waals surface area contributed by atoms with Gasteiger partial charge in [0, 0.05) is 25.3 Å². The fraction of sp³-hybridized carbons (Fsp3) is 0.727. The van der Waals surface area contributed by atoms with Crippen LogP contribution in [0.1, 0.15) is 24.8 Å². The Morgan fingerprint density at radius 2 is 2.38 bits per heavy atom. The molecule has 0 aromatic carbocycles. The van der Waals surface area contributed by atoms with Gasteiger partial charge in [-0.15, -0.1) is 0 Å². The van der Waals surface area contributed by atoms with Crippen LogP contribution in [0.15, 0.2) is 0 Å². The van der Waals surface area contributed by atoms with Crippen molar-refractivity contribution in [3.63, 3.8) is 0 Å². The quantitative estimate of drug-likeness (QED) is 0.719. The zero-order valence-corrected chi connectivity index (χ0v) is 10.5. The summed E-state index contributed by atoms with van der Waals surface area (Å²) in [7, 11) is 0. The van der Waals surface area contributed by atoms with E-state index in [0.29, 0.717) is 5.82 Å². The monoisotopic (exact) mass is 241 g/mol. The van der Waals surface area contributed by atoms with Crippen LogP contribution in [0.5, 0.6) is 0 Å². The fourth-order valence-corrected chi connectivity index (χ4v) is 2.16. The minimum Gasteiger partial charge on any atom is -0.383 e. The van der Waals surface area contributed by atoms with Crippen LogP contribution in [0.2, 0.25) is 0 Å². The number of nitrogen functional groups attached to an aromatic ring is 1. The fourth-order valence-electron chi connectivity index (χ4n) is 1.42. The van der Waals surface area contributed by atoms with E-state index in [1.54, 1.807) is 0 Å². The molecule has 1 fully saturated rings. The maximum atomic E-state index is 5.67. The molecule has 0 spiro atoms. The predicted octanol–water partition coefficient (Wildman–Crippen LogP) is 2.26. The normalized spacial score (nSPS) is 15.3. The van der Waals surface area contributed by atoms with E-state index in [1.807, 2.05) is 6.92 Å². The highest BCUT2D eigenvalue weighted by molar-refractivity contribution is 7.10. The smallest absolute Gasteiger partial charge is 0.142 e. The second-order valence-electron chi connectivity index (χ2n) is 4.32. The van der Waals surface area contributed by atoms with Gasteiger partial charge in [0.05, 0.1) is 0 Å². The van der Waals surface area contributed by atoms with Crippen LogP contribution < -0.4 is 11.1 Å². The highest BCUT2D eigenvalue weighted by Crippen LogP contribution is 2.28. The van der Waals surface area contributed by atoms with E-state index >= 15 is 0 Å². The topological polar surface area (TPSA) is 60.2 Å². The molecule has 0 unspecified atom stereocenters. The van der Waals surface area contributed by atoms with Crippen LogP contribution in [-0.4, -0.2) is 24.1 Å². The molecule has 1 saturated carbocycles. The van der Waals surface area contributed by atoms with Crippen molar-refractivity contribution in [2.45, 2.75) is 26.2 Å². The van der Waals surface area contributed by atoms with Crippen molar-refractivity contribution in [1.29, 1.82) is 0 Å². The molecule has 1 aromatic rings. The molecule has 4 nitrogen and oxygen atoms in total. The summed E-state index contributed by atoms with van der Waals surface area (Å²) in [5, 5.41) is 4.42. The molecule has 0 atom stereocenters.